The molecule has 2 rings (SSSR count). The second-order valence-electron chi connectivity index (χ2n) is 5.16. The van der Waals surface area contributed by atoms with Crippen LogP contribution in [0.2, 0.25) is 0 Å². The molecule has 1 aliphatic rings. The largest absolute Gasteiger partial charge is 0.393 e. The maximum atomic E-state index is 10.1. The average Bonchev–Trinajstić information content (AvgIpc) is 2.53. The molecule has 0 saturated heterocycles. The molecule has 1 nitrogen and oxygen atoms in total. The summed E-state index contributed by atoms with van der Waals surface area (Å²) in [5.41, 5.74) is 0. The maximum Gasteiger partial charge on any atom is 0.0701 e. The van der Waals surface area contributed by atoms with E-state index in [0.29, 0.717) is 0 Å². The van der Waals surface area contributed by atoms with Crippen molar-refractivity contribution >= 4 is 27.3 Å². The van der Waals surface area contributed by atoms with E-state index in [2.05, 4.69) is 28.1 Å². The van der Waals surface area contributed by atoms with Crippen molar-refractivity contribution in [1.29, 1.82) is 0 Å². The van der Waals surface area contributed by atoms with Crippen LogP contribution in [0.15, 0.2) is 15.9 Å². The normalized spacial score (nSPS) is 20.1. The zero-order valence-corrected chi connectivity index (χ0v) is 12.6. The van der Waals surface area contributed by atoms with Gasteiger partial charge in [0.25, 0.3) is 0 Å². The van der Waals surface area contributed by atoms with Crippen molar-refractivity contribution in [3.05, 3.63) is 20.8 Å². The number of thiophene rings is 1. The molecule has 1 fully saturated rings. The van der Waals surface area contributed by atoms with Crippen molar-refractivity contribution in [3.63, 3.8) is 0 Å². The summed E-state index contributed by atoms with van der Waals surface area (Å²) in [5.74, 6) is 0.760. The lowest BCUT2D eigenvalue weighted by Crippen LogP contribution is -2.15. The summed E-state index contributed by atoms with van der Waals surface area (Å²) in [6.07, 6.45) is 9.83. The van der Waals surface area contributed by atoms with Crippen LogP contribution in [-0.4, -0.2) is 11.2 Å². The van der Waals surface area contributed by atoms with E-state index in [1.165, 1.54) is 43.4 Å². The number of aliphatic hydroxyl groups excluding tert-OH is 1. The van der Waals surface area contributed by atoms with Gasteiger partial charge in [-0.1, -0.05) is 38.5 Å². The van der Waals surface area contributed by atoms with Gasteiger partial charge in [-0.2, -0.15) is 0 Å². The standard InChI is InChI=1S/C14H21BrOS/c15-14-8-7-13(17-14)10-12(16)9-11-5-3-1-2-4-6-11/h7-8,11-12,16H,1-6,9-10H2. The second-order valence-corrected chi connectivity index (χ2v) is 7.70. The average molecular weight is 317 g/mol. The molecule has 1 aliphatic carbocycles. The predicted molar refractivity (Wildman–Crippen MR) is 77.5 cm³/mol. The zero-order valence-electron chi connectivity index (χ0n) is 10.2. The fourth-order valence-electron chi connectivity index (χ4n) is 2.76. The van der Waals surface area contributed by atoms with E-state index >= 15 is 0 Å². The first-order chi connectivity index (χ1) is 8.24. The van der Waals surface area contributed by atoms with Crippen molar-refractivity contribution in [2.45, 2.75) is 57.5 Å². The van der Waals surface area contributed by atoms with E-state index in [0.717, 1.165) is 22.5 Å². The summed E-state index contributed by atoms with van der Waals surface area (Å²) in [7, 11) is 0. The Hall–Kier alpha value is 0.140. The highest BCUT2D eigenvalue weighted by molar-refractivity contribution is 9.11. The van der Waals surface area contributed by atoms with Crippen LogP contribution >= 0.6 is 27.3 Å². The molecule has 0 radical (unpaired) electrons. The van der Waals surface area contributed by atoms with Gasteiger partial charge in [0.2, 0.25) is 0 Å². The van der Waals surface area contributed by atoms with Crippen LogP contribution in [-0.2, 0) is 6.42 Å². The first-order valence-corrected chi connectivity index (χ1v) is 8.27. The summed E-state index contributed by atoms with van der Waals surface area (Å²) < 4.78 is 1.16. The lowest BCUT2D eigenvalue weighted by Gasteiger charge is -2.17. The van der Waals surface area contributed by atoms with Gasteiger partial charge < -0.3 is 5.11 Å². The van der Waals surface area contributed by atoms with Gasteiger partial charge in [0, 0.05) is 11.3 Å². The van der Waals surface area contributed by atoms with Gasteiger partial charge >= 0.3 is 0 Å². The quantitative estimate of drug-likeness (QED) is 0.793. The fourth-order valence-corrected chi connectivity index (χ4v) is 4.32. The SMILES string of the molecule is OC(Cc1ccc(Br)s1)CC1CCCCCC1. The van der Waals surface area contributed by atoms with Gasteiger partial charge in [-0.25, -0.2) is 0 Å². The molecule has 0 spiro atoms. The molecule has 1 atom stereocenters. The van der Waals surface area contributed by atoms with E-state index in [1.54, 1.807) is 11.3 Å². The number of halogens is 1. The first-order valence-electron chi connectivity index (χ1n) is 6.66. The summed E-state index contributed by atoms with van der Waals surface area (Å²) in [5, 5.41) is 10.1. The number of aliphatic hydroxyl groups is 1. The summed E-state index contributed by atoms with van der Waals surface area (Å²) in [6, 6.07) is 4.18. The van der Waals surface area contributed by atoms with Crippen molar-refractivity contribution in [3.8, 4) is 0 Å². The van der Waals surface area contributed by atoms with Crippen molar-refractivity contribution in [2.24, 2.45) is 5.92 Å². The molecule has 1 unspecified atom stereocenters. The molecule has 1 aromatic heterocycles. The van der Waals surface area contributed by atoms with Crippen LogP contribution in [0.1, 0.15) is 49.8 Å². The molecule has 0 aromatic carbocycles. The van der Waals surface area contributed by atoms with E-state index in [1.807, 2.05) is 0 Å². The van der Waals surface area contributed by atoms with Crippen LogP contribution in [0, 0.1) is 5.92 Å². The topological polar surface area (TPSA) is 20.2 Å². The van der Waals surface area contributed by atoms with E-state index < -0.39 is 0 Å². The zero-order chi connectivity index (χ0) is 12.1. The maximum absolute atomic E-state index is 10.1. The molecule has 17 heavy (non-hydrogen) atoms. The third-order valence-corrected chi connectivity index (χ3v) is 5.29. The lowest BCUT2D eigenvalue weighted by molar-refractivity contribution is 0.138. The molecule has 3 heteroatoms. The Balaban J connectivity index is 1.77. The number of hydrogen-bond donors (Lipinski definition) is 1. The third kappa shape index (κ3) is 4.72. The minimum absolute atomic E-state index is 0.149. The monoisotopic (exact) mass is 316 g/mol. The summed E-state index contributed by atoms with van der Waals surface area (Å²) >= 11 is 5.21. The highest BCUT2D eigenvalue weighted by Crippen LogP contribution is 2.28. The second kappa shape index (κ2) is 6.91. The molecule has 1 saturated carbocycles. The van der Waals surface area contributed by atoms with Gasteiger partial charge in [0.1, 0.15) is 0 Å². The van der Waals surface area contributed by atoms with Crippen LogP contribution in [0.3, 0.4) is 0 Å². The first kappa shape index (κ1) is 13.6. The fraction of sp³-hybridized carbons (Fsp3) is 0.714. The lowest BCUT2D eigenvalue weighted by atomic mass is 9.92. The van der Waals surface area contributed by atoms with Crippen LogP contribution in [0.4, 0.5) is 0 Å². The Morgan fingerprint density at radius 3 is 2.53 bits per heavy atom. The van der Waals surface area contributed by atoms with Crippen molar-refractivity contribution < 1.29 is 5.11 Å². The minimum atomic E-state index is -0.149. The smallest absolute Gasteiger partial charge is 0.0701 e. The molecular formula is C14H21BrOS. The Kier molecular flexibility index (Phi) is 5.51. The van der Waals surface area contributed by atoms with E-state index in [9.17, 15) is 5.11 Å². The predicted octanol–water partition coefficient (Wildman–Crippen LogP) is 4.77. The molecule has 0 amide bonds. The minimum Gasteiger partial charge on any atom is -0.393 e. The Labute approximate surface area is 116 Å². The molecule has 1 N–H and O–H groups in total. The molecule has 0 bridgehead atoms. The van der Waals surface area contributed by atoms with E-state index in [-0.39, 0.29) is 6.10 Å². The van der Waals surface area contributed by atoms with Crippen LogP contribution < -0.4 is 0 Å². The molecule has 0 aliphatic heterocycles. The number of rotatable bonds is 4. The Bertz CT molecular complexity index is 329. The highest BCUT2D eigenvalue weighted by atomic mass is 79.9. The van der Waals surface area contributed by atoms with Gasteiger partial charge in [-0.05, 0) is 40.4 Å². The third-order valence-electron chi connectivity index (χ3n) is 3.65. The Morgan fingerprint density at radius 1 is 1.24 bits per heavy atom. The number of hydrogen-bond acceptors (Lipinski definition) is 2. The van der Waals surface area contributed by atoms with Crippen LogP contribution in [0.5, 0.6) is 0 Å². The molecule has 1 heterocycles. The van der Waals surface area contributed by atoms with Gasteiger partial charge in [-0.15, -0.1) is 11.3 Å². The van der Waals surface area contributed by atoms with Gasteiger partial charge in [0.05, 0.1) is 9.89 Å². The van der Waals surface area contributed by atoms with E-state index in [4.69, 9.17) is 0 Å². The van der Waals surface area contributed by atoms with Crippen molar-refractivity contribution in [1.82, 2.24) is 0 Å². The van der Waals surface area contributed by atoms with Crippen molar-refractivity contribution in [2.75, 3.05) is 0 Å². The Morgan fingerprint density at radius 2 is 1.94 bits per heavy atom. The van der Waals surface area contributed by atoms with Crippen LogP contribution in [0.25, 0.3) is 0 Å². The molecule has 96 valence electrons. The highest BCUT2D eigenvalue weighted by Gasteiger charge is 2.17. The summed E-state index contributed by atoms with van der Waals surface area (Å²) in [4.78, 5) is 1.29. The summed E-state index contributed by atoms with van der Waals surface area (Å²) in [6.45, 7) is 0. The molecule has 1 aromatic rings. The molecular weight excluding hydrogens is 296 g/mol. The van der Waals surface area contributed by atoms with Gasteiger partial charge in [0.15, 0.2) is 0 Å². The van der Waals surface area contributed by atoms with Gasteiger partial charge in [-0.3, -0.25) is 0 Å².